The molecule has 0 aliphatic carbocycles. The number of fused-ring (bicyclic) bond motifs is 1. The van der Waals surface area contributed by atoms with Gasteiger partial charge in [0.2, 0.25) is 11.8 Å². The molecule has 40 heavy (non-hydrogen) atoms. The Hall–Kier alpha value is -4.53. The van der Waals surface area contributed by atoms with Crippen molar-refractivity contribution in [3.05, 3.63) is 83.9 Å². The summed E-state index contributed by atoms with van der Waals surface area (Å²) >= 11 is 0. The SMILES string of the molecule is CCOc1ccc([C@@H](C(=O)NCCC(C)C)N(C(=O)Cn2nnc3ccccc32)c2ccc(C(C)=O)cc2)cc1. The van der Waals surface area contributed by atoms with Crippen molar-refractivity contribution in [1.82, 2.24) is 20.3 Å². The number of benzene rings is 3. The Morgan fingerprint density at radius 1 is 0.975 bits per heavy atom. The van der Waals surface area contributed by atoms with Crippen molar-refractivity contribution in [1.29, 1.82) is 0 Å². The molecule has 0 fully saturated rings. The van der Waals surface area contributed by atoms with E-state index < -0.39 is 6.04 Å². The first-order valence-electron chi connectivity index (χ1n) is 13.5. The fourth-order valence-corrected chi connectivity index (χ4v) is 4.44. The number of anilines is 1. The van der Waals surface area contributed by atoms with E-state index in [1.54, 1.807) is 48.5 Å². The number of carbonyl (C=O) groups is 3. The highest BCUT2D eigenvalue weighted by Crippen LogP contribution is 2.30. The van der Waals surface area contributed by atoms with E-state index in [1.165, 1.54) is 16.5 Å². The number of carbonyl (C=O) groups excluding carboxylic acids is 3. The summed E-state index contributed by atoms with van der Waals surface area (Å²) in [5.74, 6) is 0.319. The van der Waals surface area contributed by atoms with Gasteiger partial charge in [-0.3, -0.25) is 19.3 Å². The number of ether oxygens (including phenoxy) is 1. The summed E-state index contributed by atoms with van der Waals surface area (Å²) in [6.07, 6.45) is 0.800. The molecule has 4 aromatic rings. The third kappa shape index (κ3) is 6.72. The molecular weight excluding hydrogens is 506 g/mol. The van der Waals surface area contributed by atoms with E-state index in [9.17, 15) is 14.4 Å². The average molecular weight is 542 g/mol. The van der Waals surface area contributed by atoms with Crippen molar-refractivity contribution >= 4 is 34.3 Å². The lowest BCUT2D eigenvalue weighted by Gasteiger charge is -2.32. The molecule has 0 aliphatic heterocycles. The Labute approximate surface area is 234 Å². The summed E-state index contributed by atoms with van der Waals surface area (Å²) in [4.78, 5) is 41.3. The lowest BCUT2D eigenvalue weighted by atomic mass is 10.0. The van der Waals surface area contributed by atoms with E-state index in [-0.39, 0.29) is 24.1 Å². The van der Waals surface area contributed by atoms with E-state index in [0.717, 1.165) is 6.42 Å². The number of nitrogens with one attached hydrogen (secondary N) is 1. The van der Waals surface area contributed by atoms with Crippen LogP contribution in [0.25, 0.3) is 11.0 Å². The molecule has 0 radical (unpaired) electrons. The Morgan fingerprint density at radius 2 is 1.68 bits per heavy atom. The van der Waals surface area contributed by atoms with Gasteiger partial charge in [0.25, 0.3) is 0 Å². The standard InChI is InChI=1S/C31H35N5O4/c1-5-40-26-16-12-24(13-17-26)30(31(39)32-19-18-21(2)3)36(25-14-10-23(11-15-25)22(4)37)29(38)20-35-28-9-7-6-8-27(28)33-34-35/h6-17,21,30H,5,18-20H2,1-4H3,(H,32,39)/t30-/m0/s1. The molecule has 1 N–H and O–H groups in total. The highest BCUT2D eigenvalue weighted by molar-refractivity contribution is 6.02. The average Bonchev–Trinajstić information content (AvgIpc) is 3.34. The van der Waals surface area contributed by atoms with Crippen LogP contribution in [-0.2, 0) is 16.1 Å². The highest BCUT2D eigenvalue weighted by atomic mass is 16.5. The number of ketones is 1. The van der Waals surface area contributed by atoms with Crippen molar-refractivity contribution in [2.24, 2.45) is 5.92 Å². The van der Waals surface area contributed by atoms with Crippen LogP contribution in [0, 0.1) is 5.92 Å². The van der Waals surface area contributed by atoms with Gasteiger partial charge < -0.3 is 10.1 Å². The predicted octanol–water partition coefficient (Wildman–Crippen LogP) is 4.97. The first kappa shape index (κ1) is 28.5. The fourth-order valence-electron chi connectivity index (χ4n) is 4.44. The minimum Gasteiger partial charge on any atom is -0.494 e. The lowest BCUT2D eigenvalue weighted by molar-refractivity contribution is -0.127. The van der Waals surface area contributed by atoms with Crippen LogP contribution in [0.15, 0.2) is 72.8 Å². The maximum Gasteiger partial charge on any atom is 0.249 e. The molecule has 3 aromatic carbocycles. The summed E-state index contributed by atoms with van der Waals surface area (Å²) in [5, 5.41) is 11.4. The minimum absolute atomic E-state index is 0.0898. The van der Waals surface area contributed by atoms with Crippen molar-refractivity contribution in [3.63, 3.8) is 0 Å². The van der Waals surface area contributed by atoms with Crippen LogP contribution in [0.4, 0.5) is 5.69 Å². The molecule has 9 heteroatoms. The Morgan fingerprint density at radius 3 is 2.33 bits per heavy atom. The number of nitrogens with zero attached hydrogens (tertiary/aromatic N) is 4. The van der Waals surface area contributed by atoms with Gasteiger partial charge in [0.1, 0.15) is 23.9 Å². The molecule has 0 spiro atoms. The molecule has 0 aliphatic rings. The number of amides is 2. The molecule has 0 unspecified atom stereocenters. The highest BCUT2D eigenvalue weighted by Gasteiger charge is 2.33. The monoisotopic (exact) mass is 541 g/mol. The van der Waals surface area contributed by atoms with Crippen molar-refractivity contribution in [2.45, 2.75) is 46.7 Å². The molecule has 0 bridgehead atoms. The van der Waals surface area contributed by atoms with Gasteiger partial charge in [-0.1, -0.05) is 43.3 Å². The van der Waals surface area contributed by atoms with Crippen LogP contribution in [0.2, 0.25) is 0 Å². The maximum atomic E-state index is 14.1. The van der Waals surface area contributed by atoms with Gasteiger partial charge in [0.05, 0.1) is 12.1 Å². The quantitative estimate of drug-likeness (QED) is 0.254. The number of para-hydroxylation sites is 1. The molecule has 0 saturated carbocycles. The van der Waals surface area contributed by atoms with E-state index >= 15 is 0 Å². The number of hydrogen-bond acceptors (Lipinski definition) is 6. The van der Waals surface area contributed by atoms with Crippen LogP contribution in [0.1, 0.15) is 56.1 Å². The normalized spacial score (nSPS) is 11.8. The summed E-state index contributed by atoms with van der Waals surface area (Å²) in [5.41, 5.74) is 3.00. The molecule has 4 rings (SSSR count). The molecule has 0 saturated heterocycles. The zero-order chi connectivity index (χ0) is 28.6. The smallest absolute Gasteiger partial charge is 0.249 e. The molecule has 2 amide bonds. The van der Waals surface area contributed by atoms with Gasteiger partial charge in [0, 0.05) is 17.8 Å². The zero-order valence-corrected chi connectivity index (χ0v) is 23.3. The Balaban J connectivity index is 1.78. The minimum atomic E-state index is -0.978. The van der Waals surface area contributed by atoms with E-state index in [1.807, 2.05) is 31.2 Å². The number of aromatic nitrogens is 3. The first-order chi connectivity index (χ1) is 19.3. The third-order valence-corrected chi connectivity index (χ3v) is 6.56. The second-order valence-corrected chi connectivity index (χ2v) is 9.98. The largest absolute Gasteiger partial charge is 0.494 e. The van der Waals surface area contributed by atoms with Gasteiger partial charge in [-0.2, -0.15) is 0 Å². The second-order valence-electron chi connectivity index (χ2n) is 9.98. The van der Waals surface area contributed by atoms with Crippen LogP contribution in [0.3, 0.4) is 0 Å². The predicted molar refractivity (Wildman–Crippen MR) is 154 cm³/mol. The van der Waals surface area contributed by atoms with Crippen LogP contribution in [-0.4, -0.2) is 45.7 Å². The van der Waals surface area contributed by atoms with Gasteiger partial charge in [-0.25, -0.2) is 4.68 Å². The molecule has 208 valence electrons. The Kier molecular flexibility index (Phi) is 9.27. The number of hydrogen-bond donors (Lipinski definition) is 1. The van der Waals surface area contributed by atoms with Crippen LogP contribution >= 0.6 is 0 Å². The summed E-state index contributed by atoms with van der Waals surface area (Å²) in [7, 11) is 0. The maximum absolute atomic E-state index is 14.1. The van der Waals surface area contributed by atoms with E-state index in [2.05, 4.69) is 29.5 Å². The van der Waals surface area contributed by atoms with Gasteiger partial charge in [0.15, 0.2) is 5.78 Å². The Bertz CT molecular complexity index is 1460. The number of rotatable bonds is 12. The van der Waals surface area contributed by atoms with E-state index in [4.69, 9.17) is 4.74 Å². The van der Waals surface area contributed by atoms with Crippen LogP contribution in [0.5, 0.6) is 5.75 Å². The topological polar surface area (TPSA) is 106 Å². The van der Waals surface area contributed by atoms with E-state index in [0.29, 0.717) is 52.7 Å². The van der Waals surface area contributed by atoms with Crippen molar-refractivity contribution < 1.29 is 19.1 Å². The van der Waals surface area contributed by atoms with Crippen molar-refractivity contribution in [2.75, 3.05) is 18.1 Å². The molecule has 1 heterocycles. The second kappa shape index (κ2) is 13.0. The fraction of sp³-hybridized carbons (Fsp3) is 0.323. The molecular formula is C31H35N5O4. The van der Waals surface area contributed by atoms with Gasteiger partial charge in [-0.15, -0.1) is 5.10 Å². The number of Topliss-reactive ketones (excluding diaryl/α,β-unsaturated/α-hetero) is 1. The molecule has 1 atom stereocenters. The first-order valence-corrected chi connectivity index (χ1v) is 13.5. The third-order valence-electron chi connectivity index (χ3n) is 6.56. The molecule has 1 aromatic heterocycles. The van der Waals surface area contributed by atoms with Crippen molar-refractivity contribution in [3.8, 4) is 5.75 Å². The van der Waals surface area contributed by atoms with Crippen LogP contribution < -0.4 is 15.0 Å². The summed E-state index contributed by atoms with van der Waals surface area (Å²) < 4.78 is 7.13. The summed E-state index contributed by atoms with van der Waals surface area (Å²) in [6, 6.07) is 20.3. The van der Waals surface area contributed by atoms with Gasteiger partial charge in [-0.05, 0) is 80.3 Å². The summed E-state index contributed by atoms with van der Waals surface area (Å²) in [6.45, 7) is 8.41. The molecule has 9 nitrogen and oxygen atoms in total. The lowest BCUT2D eigenvalue weighted by Crippen LogP contribution is -2.45. The zero-order valence-electron chi connectivity index (χ0n) is 23.3. The van der Waals surface area contributed by atoms with Gasteiger partial charge >= 0.3 is 0 Å².